The Morgan fingerprint density at radius 2 is 2.31 bits per heavy atom. The molecule has 0 unspecified atom stereocenters. The molecule has 4 heteroatoms. The Hall–Kier alpha value is -1.32. The Labute approximate surface area is 95.2 Å². The van der Waals surface area contributed by atoms with Crippen molar-refractivity contribution in [1.82, 2.24) is 4.90 Å². The number of unbranched alkanes of at least 4 members (excludes halogenated alkanes) is 1. The lowest BCUT2D eigenvalue weighted by Gasteiger charge is -2.31. The van der Waals surface area contributed by atoms with E-state index in [-0.39, 0.29) is 17.9 Å². The molecule has 0 aromatic carbocycles. The van der Waals surface area contributed by atoms with Gasteiger partial charge in [0.2, 0.25) is 0 Å². The van der Waals surface area contributed by atoms with Gasteiger partial charge in [0.15, 0.2) is 11.4 Å². The van der Waals surface area contributed by atoms with E-state index in [0.717, 1.165) is 12.8 Å². The smallest absolute Gasteiger partial charge is 0.411 e. The van der Waals surface area contributed by atoms with Crippen LogP contribution in [0.4, 0.5) is 4.79 Å². The van der Waals surface area contributed by atoms with Crippen LogP contribution in [0.15, 0.2) is 12.2 Å². The molecule has 0 N–H and O–H groups in total. The second-order valence-corrected chi connectivity index (χ2v) is 4.62. The maximum absolute atomic E-state index is 11.7. The van der Waals surface area contributed by atoms with E-state index in [2.05, 4.69) is 6.92 Å². The highest BCUT2D eigenvalue weighted by Gasteiger charge is 2.51. The van der Waals surface area contributed by atoms with Gasteiger partial charge in [-0.15, -0.1) is 0 Å². The van der Waals surface area contributed by atoms with Crippen molar-refractivity contribution in [2.75, 3.05) is 6.54 Å². The monoisotopic (exact) mass is 223 g/mol. The number of nitrogens with zero attached hydrogens (tertiary/aromatic N) is 1. The van der Waals surface area contributed by atoms with Gasteiger partial charge >= 0.3 is 6.09 Å². The molecule has 88 valence electrons. The van der Waals surface area contributed by atoms with Gasteiger partial charge in [-0.3, -0.25) is 4.79 Å². The molecule has 0 aromatic rings. The molecular weight excluding hydrogens is 206 g/mol. The maximum Gasteiger partial charge on any atom is 0.411 e. The quantitative estimate of drug-likeness (QED) is 0.734. The predicted molar refractivity (Wildman–Crippen MR) is 59.1 cm³/mol. The molecule has 0 spiro atoms. The normalized spacial score (nSPS) is 32.9. The van der Waals surface area contributed by atoms with Gasteiger partial charge in [0, 0.05) is 13.0 Å². The second kappa shape index (κ2) is 3.92. The van der Waals surface area contributed by atoms with E-state index >= 15 is 0 Å². The van der Waals surface area contributed by atoms with E-state index in [0.29, 0.717) is 13.0 Å². The third-order valence-electron chi connectivity index (χ3n) is 3.33. The molecule has 0 radical (unpaired) electrons. The minimum absolute atomic E-state index is 0.0715. The first-order chi connectivity index (χ1) is 7.57. The molecular formula is C12H17NO3. The summed E-state index contributed by atoms with van der Waals surface area (Å²) in [5.41, 5.74) is -0.612. The Balaban J connectivity index is 2.19. The molecule has 0 aromatic heterocycles. The lowest BCUT2D eigenvalue weighted by molar-refractivity contribution is -0.116. The van der Waals surface area contributed by atoms with Crippen LogP contribution in [-0.2, 0) is 9.53 Å². The first-order valence-corrected chi connectivity index (χ1v) is 5.78. The summed E-state index contributed by atoms with van der Waals surface area (Å²) < 4.78 is 5.36. The lowest BCUT2D eigenvalue weighted by atomic mass is 9.86. The fourth-order valence-corrected chi connectivity index (χ4v) is 2.30. The number of allylic oxidation sites excluding steroid dienone is 1. The van der Waals surface area contributed by atoms with Crippen molar-refractivity contribution in [2.24, 2.45) is 0 Å². The zero-order valence-electron chi connectivity index (χ0n) is 9.73. The molecule has 2 aliphatic rings. The number of hydrogen-bond acceptors (Lipinski definition) is 3. The average molecular weight is 223 g/mol. The molecule has 1 fully saturated rings. The largest absolute Gasteiger partial charge is 0.437 e. The average Bonchev–Trinajstić information content (AvgIpc) is 2.47. The number of ketones is 1. The van der Waals surface area contributed by atoms with Gasteiger partial charge in [0.25, 0.3) is 0 Å². The van der Waals surface area contributed by atoms with Crippen LogP contribution >= 0.6 is 0 Å². The highest BCUT2D eigenvalue weighted by atomic mass is 16.6. The number of carbonyl (C=O) groups is 2. The first-order valence-electron chi connectivity index (χ1n) is 5.78. The van der Waals surface area contributed by atoms with Gasteiger partial charge in [-0.25, -0.2) is 4.79 Å². The minimum atomic E-state index is -0.612. The lowest BCUT2D eigenvalue weighted by Crippen LogP contribution is -2.46. The van der Waals surface area contributed by atoms with Gasteiger partial charge in [-0.2, -0.15) is 0 Å². The molecule has 4 nitrogen and oxygen atoms in total. The number of fused-ring (bicyclic) bond motifs is 1. The Kier molecular flexibility index (Phi) is 2.74. The van der Waals surface area contributed by atoms with Crippen LogP contribution in [0.25, 0.3) is 0 Å². The van der Waals surface area contributed by atoms with Crippen molar-refractivity contribution in [2.45, 2.75) is 44.8 Å². The summed E-state index contributed by atoms with van der Waals surface area (Å²) >= 11 is 0. The fourth-order valence-electron chi connectivity index (χ4n) is 2.30. The molecule has 0 bridgehead atoms. The molecule has 2 atom stereocenters. The van der Waals surface area contributed by atoms with Crippen molar-refractivity contribution in [1.29, 1.82) is 0 Å². The molecule has 1 aliphatic carbocycles. The van der Waals surface area contributed by atoms with Crippen molar-refractivity contribution >= 4 is 11.9 Å². The predicted octanol–water partition coefficient (Wildman–Crippen LogP) is 1.90. The third kappa shape index (κ3) is 1.72. The fraction of sp³-hybridized carbons (Fsp3) is 0.667. The third-order valence-corrected chi connectivity index (χ3v) is 3.33. The summed E-state index contributed by atoms with van der Waals surface area (Å²) in [6.07, 6.45) is 5.29. The Bertz CT molecular complexity index is 350. The summed E-state index contributed by atoms with van der Waals surface area (Å²) in [5.74, 6) is 0.0715. The van der Waals surface area contributed by atoms with E-state index in [9.17, 15) is 9.59 Å². The molecule has 1 saturated heterocycles. The van der Waals surface area contributed by atoms with Gasteiger partial charge < -0.3 is 9.64 Å². The van der Waals surface area contributed by atoms with Gasteiger partial charge in [-0.05, 0) is 25.5 Å². The van der Waals surface area contributed by atoms with Crippen LogP contribution in [-0.4, -0.2) is 35.0 Å². The van der Waals surface area contributed by atoms with E-state index < -0.39 is 5.60 Å². The van der Waals surface area contributed by atoms with Crippen LogP contribution in [0, 0.1) is 0 Å². The number of hydrogen-bond donors (Lipinski definition) is 0. The Morgan fingerprint density at radius 3 is 3.00 bits per heavy atom. The zero-order chi connectivity index (χ0) is 11.8. The first kappa shape index (κ1) is 11.2. The van der Waals surface area contributed by atoms with Crippen molar-refractivity contribution in [3.05, 3.63) is 12.2 Å². The highest BCUT2D eigenvalue weighted by Crippen LogP contribution is 2.35. The SMILES string of the molecule is CCCCN1C(=O)O[C@]2(C)C=CC(=O)C[C@H]12. The van der Waals surface area contributed by atoms with Gasteiger partial charge in [0.1, 0.15) is 0 Å². The van der Waals surface area contributed by atoms with E-state index in [4.69, 9.17) is 4.74 Å². The van der Waals surface area contributed by atoms with Gasteiger partial charge in [-0.1, -0.05) is 13.3 Å². The summed E-state index contributed by atoms with van der Waals surface area (Å²) in [5, 5.41) is 0. The summed E-state index contributed by atoms with van der Waals surface area (Å²) in [4.78, 5) is 24.8. The van der Waals surface area contributed by atoms with E-state index in [1.807, 2.05) is 6.92 Å². The van der Waals surface area contributed by atoms with Crippen LogP contribution in [0.5, 0.6) is 0 Å². The summed E-state index contributed by atoms with van der Waals surface area (Å²) in [7, 11) is 0. The van der Waals surface area contributed by atoms with Crippen LogP contribution in [0.2, 0.25) is 0 Å². The maximum atomic E-state index is 11.7. The molecule has 16 heavy (non-hydrogen) atoms. The number of rotatable bonds is 3. The summed E-state index contributed by atoms with van der Waals surface area (Å²) in [6, 6.07) is -0.121. The van der Waals surface area contributed by atoms with Crippen molar-refractivity contribution in [3.8, 4) is 0 Å². The van der Waals surface area contributed by atoms with E-state index in [1.165, 1.54) is 6.08 Å². The van der Waals surface area contributed by atoms with Crippen molar-refractivity contribution in [3.63, 3.8) is 0 Å². The summed E-state index contributed by atoms with van der Waals surface area (Å²) in [6.45, 7) is 4.62. The minimum Gasteiger partial charge on any atom is -0.437 e. The molecule has 0 saturated carbocycles. The zero-order valence-corrected chi connectivity index (χ0v) is 9.73. The number of ether oxygens (including phenoxy) is 1. The molecule has 2 rings (SSSR count). The molecule has 1 aliphatic heterocycles. The van der Waals surface area contributed by atoms with Crippen LogP contribution in [0.3, 0.4) is 0 Å². The van der Waals surface area contributed by atoms with Crippen molar-refractivity contribution < 1.29 is 14.3 Å². The second-order valence-electron chi connectivity index (χ2n) is 4.62. The topological polar surface area (TPSA) is 46.6 Å². The molecule has 1 amide bonds. The number of amides is 1. The van der Waals surface area contributed by atoms with Crippen LogP contribution in [0.1, 0.15) is 33.1 Å². The standard InChI is InChI=1S/C12H17NO3/c1-3-4-7-13-10-8-9(14)5-6-12(10,2)16-11(13)15/h5-6,10H,3-4,7-8H2,1-2H3/t10-,12+/m0/s1. The molecule has 1 heterocycles. The van der Waals surface area contributed by atoms with Gasteiger partial charge in [0.05, 0.1) is 6.04 Å². The highest BCUT2D eigenvalue weighted by molar-refractivity contribution is 5.93. The van der Waals surface area contributed by atoms with E-state index in [1.54, 1.807) is 11.0 Å². The van der Waals surface area contributed by atoms with Crippen LogP contribution < -0.4 is 0 Å². The Morgan fingerprint density at radius 1 is 1.56 bits per heavy atom. The number of carbonyl (C=O) groups excluding carboxylic acids is 2.